The summed E-state index contributed by atoms with van der Waals surface area (Å²) in [6.45, 7) is 2.02. The number of hydrogen-bond donors (Lipinski definition) is 1. The molecule has 0 aliphatic carbocycles. The van der Waals surface area contributed by atoms with Crippen molar-refractivity contribution in [1.29, 1.82) is 5.26 Å². The number of hydrogen-bond acceptors (Lipinski definition) is 5. The molecule has 0 spiro atoms. The average molecular weight is 266 g/mol. The maximum absolute atomic E-state index is 8.70. The van der Waals surface area contributed by atoms with Crippen LogP contribution in [0.25, 0.3) is 0 Å². The molecule has 17 heavy (non-hydrogen) atoms. The van der Waals surface area contributed by atoms with E-state index in [1.807, 2.05) is 12.1 Å². The van der Waals surface area contributed by atoms with Crippen molar-refractivity contribution in [1.82, 2.24) is 4.31 Å². The minimum absolute atomic E-state index is 0.277. The molecule has 1 aromatic rings. The largest absolute Gasteiger partial charge is 0.490 e. The highest BCUT2D eigenvalue weighted by Crippen LogP contribution is 2.24. The van der Waals surface area contributed by atoms with Crippen LogP contribution in [0.15, 0.2) is 24.3 Å². The lowest BCUT2D eigenvalue weighted by Crippen LogP contribution is -2.33. The highest BCUT2D eigenvalue weighted by Gasteiger charge is 2.20. The minimum Gasteiger partial charge on any atom is -0.490 e. The maximum atomic E-state index is 8.70. The van der Waals surface area contributed by atoms with Crippen LogP contribution >= 0.6 is 22.6 Å². The zero-order chi connectivity index (χ0) is 12.1. The number of nitrogens with zero attached hydrogens (tertiary/aromatic N) is 2. The van der Waals surface area contributed by atoms with Gasteiger partial charge in [0.15, 0.2) is 0 Å². The first-order valence-electron chi connectivity index (χ1n) is 5.55. The number of rotatable bonds is 3. The SMILES string of the molecule is N#Cc1ccc(OC2CCN(SS)CC2)cc1. The Labute approximate surface area is 111 Å². The highest BCUT2D eigenvalue weighted by molar-refractivity contribution is 8.67. The lowest BCUT2D eigenvalue weighted by molar-refractivity contribution is 0.139. The fourth-order valence-electron chi connectivity index (χ4n) is 1.83. The van der Waals surface area contributed by atoms with E-state index in [1.165, 1.54) is 11.0 Å². The normalized spacial score (nSPS) is 17.6. The Hall–Kier alpha value is -0.830. The third-order valence-corrected chi connectivity index (χ3v) is 4.09. The Bertz CT molecular complexity index is 394. The molecule has 1 aromatic carbocycles. The first-order chi connectivity index (χ1) is 8.31. The smallest absolute Gasteiger partial charge is 0.119 e. The van der Waals surface area contributed by atoms with Gasteiger partial charge in [0, 0.05) is 13.1 Å². The Morgan fingerprint density at radius 2 is 1.94 bits per heavy atom. The van der Waals surface area contributed by atoms with Gasteiger partial charge in [-0.1, -0.05) is 11.7 Å². The van der Waals surface area contributed by atoms with E-state index in [-0.39, 0.29) is 6.10 Å². The van der Waals surface area contributed by atoms with Crippen LogP contribution in [0, 0.1) is 11.3 Å². The predicted molar refractivity (Wildman–Crippen MR) is 73.0 cm³/mol. The molecule has 0 atom stereocenters. The summed E-state index contributed by atoms with van der Waals surface area (Å²) in [5.74, 6) is 0.848. The van der Waals surface area contributed by atoms with Crippen molar-refractivity contribution >= 4 is 22.6 Å². The van der Waals surface area contributed by atoms with E-state index in [0.29, 0.717) is 5.56 Å². The Morgan fingerprint density at radius 1 is 1.29 bits per heavy atom. The molecule has 0 aromatic heterocycles. The third kappa shape index (κ3) is 3.56. The average Bonchev–Trinajstić information content (AvgIpc) is 2.40. The van der Waals surface area contributed by atoms with Gasteiger partial charge in [-0.2, -0.15) is 5.26 Å². The fraction of sp³-hybridized carbons (Fsp3) is 0.417. The van der Waals surface area contributed by atoms with Crippen LogP contribution < -0.4 is 4.74 Å². The van der Waals surface area contributed by atoms with Gasteiger partial charge in [-0.25, -0.2) is 4.31 Å². The van der Waals surface area contributed by atoms with Crippen LogP contribution in [-0.2, 0) is 0 Å². The van der Waals surface area contributed by atoms with Crippen molar-refractivity contribution in [2.45, 2.75) is 18.9 Å². The van der Waals surface area contributed by atoms with Crippen molar-refractivity contribution < 1.29 is 4.74 Å². The number of ether oxygens (including phenoxy) is 1. The summed E-state index contributed by atoms with van der Waals surface area (Å²) >= 11 is 4.19. The molecule has 0 radical (unpaired) electrons. The fourth-order valence-corrected chi connectivity index (χ4v) is 2.70. The molecule has 1 saturated heterocycles. The van der Waals surface area contributed by atoms with Crippen LogP contribution in [0.2, 0.25) is 0 Å². The van der Waals surface area contributed by atoms with Crippen molar-refractivity contribution in [3.8, 4) is 11.8 Å². The Balaban J connectivity index is 1.87. The summed E-state index contributed by atoms with van der Waals surface area (Å²) in [5.41, 5.74) is 0.665. The van der Waals surface area contributed by atoms with Gasteiger partial charge in [-0.3, -0.25) is 0 Å². The van der Waals surface area contributed by atoms with Crippen molar-refractivity contribution in [3.05, 3.63) is 29.8 Å². The van der Waals surface area contributed by atoms with E-state index in [4.69, 9.17) is 10.00 Å². The quantitative estimate of drug-likeness (QED) is 0.518. The van der Waals surface area contributed by atoms with E-state index in [9.17, 15) is 0 Å². The molecule has 1 heterocycles. The Morgan fingerprint density at radius 3 is 2.47 bits per heavy atom. The summed E-state index contributed by atoms with van der Waals surface area (Å²) in [6.07, 6.45) is 2.32. The molecule has 0 saturated carbocycles. The van der Waals surface area contributed by atoms with E-state index < -0.39 is 0 Å². The van der Waals surface area contributed by atoms with E-state index in [1.54, 1.807) is 12.1 Å². The molecule has 0 unspecified atom stereocenters. The zero-order valence-corrected chi connectivity index (χ0v) is 11.1. The zero-order valence-electron chi connectivity index (χ0n) is 9.37. The molecular weight excluding hydrogens is 252 g/mol. The van der Waals surface area contributed by atoms with Crippen molar-refractivity contribution in [2.24, 2.45) is 0 Å². The Kier molecular flexibility index (Phi) is 4.60. The first-order valence-corrected chi connectivity index (χ1v) is 7.37. The molecule has 0 bridgehead atoms. The molecular formula is C12H14N2OS2. The molecule has 1 aliphatic heterocycles. The van der Waals surface area contributed by atoms with Gasteiger partial charge in [0.1, 0.15) is 11.9 Å². The van der Waals surface area contributed by atoms with E-state index in [2.05, 4.69) is 22.0 Å². The maximum Gasteiger partial charge on any atom is 0.119 e. The number of nitriles is 1. The molecule has 0 N–H and O–H groups in total. The van der Waals surface area contributed by atoms with Crippen LogP contribution in [0.1, 0.15) is 18.4 Å². The van der Waals surface area contributed by atoms with Crippen LogP contribution in [0.4, 0.5) is 0 Å². The number of thiol groups is 1. The topological polar surface area (TPSA) is 36.3 Å². The van der Waals surface area contributed by atoms with Gasteiger partial charge in [-0.05, 0) is 48.1 Å². The van der Waals surface area contributed by atoms with Gasteiger partial charge in [0.05, 0.1) is 11.6 Å². The second kappa shape index (κ2) is 6.20. The van der Waals surface area contributed by atoms with Gasteiger partial charge >= 0.3 is 0 Å². The lowest BCUT2D eigenvalue weighted by atomic mass is 10.1. The highest BCUT2D eigenvalue weighted by atomic mass is 33.1. The van der Waals surface area contributed by atoms with Crippen LogP contribution in [0.3, 0.4) is 0 Å². The second-order valence-corrected chi connectivity index (χ2v) is 5.13. The summed E-state index contributed by atoms with van der Waals surface area (Å²) < 4.78 is 8.10. The van der Waals surface area contributed by atoms with Gasteiger partial charge in [-0.15, -0.1) is 0 Å². The standard InChI is InChI=1S/C12H14N2OS2/c13-9-10-1-3-11(4-2-10)15-12-5-7-14(17-16)8-6-12/h1-4,12,16H,5-8H2. The summed E-state index contributed by atoms with van der Waals surface area (Å²) in [5, 5.41) is 8.70. The third-order valence-electron chi connectivity index (χ3n) is 2.80. The summed E-state index contributed by atoms with van der Waals surface area (Å²) in [7, 11) is 1.50. The first kappa shape index (κ1) is 12.6. The van der Waals surface area contributed by atoms with Crippen molar-refractivity contribution in [2.75, 3.05) is 13.1 Å². The van der Waals surface area contributed by atoms with E-state index in [0.717, 1.165) is 31.7 Å². The number of benzene rings is 1. The van der Waals surface area contributed by atoms with Gasteiger partial charge < -0.3 is 4.74 Å². The molecule has 3 nitrogen and oxygen atoms in total. The summed E-state index contributed by atoms with van der Waals surface area (Å²) in [4.78, 5) is 0. The molecule has 90 valence electrons. The monoisotopic (exact) mass is 266 g/mol. The number of piperidine rings is 1. The molecule has 2 rings (SSSR count). The van der Waals surface area contributed by atoms with Gasteiger partial charge in [0.2, 0.25) is 0 Å². The summed E-state index contributed by atoms with van der Waals surface area (Å²) in [6, 6.07) is 9.39. The molecule has 5 heteroatoms. The molecule has 1 fully saturated rings. The van der Waals surface area contributed by atoms with Crippen LogP contribution in [-0.4, -0.2) is 23.5 Å². The van der Waals surface area contributed by atoms with E-state index >= 15 is 0 Å². The lowest BCUT2D eigenvalue weighted by Gasteiger charge is -2.29. The minimum atomic E-state index is 0.277. The second-order valence-electron chi connectivity index (χ2n) is 3.96. The van der Waals surface area contributed by atoms with Crippen LogP contribution in [0.5, 0.6) is 5.75 Å². The molecule has 1 aliphatic rings. The predicted octanol–water partition coefficient (Wildman–Crippen LogP) is 2.89. The van der Waals surface area contributed by atoms with Gasteiger partial charge in [0.25, 0.3) is 0 Å². The molecule has 0 amide bonds. The van der Waals surface area contributed by atoms with Crippen molar-refractivity contribution in [3.63, 3.8) is 0 Å².